The van der Waals surface area contributed by atoms with E-state index in [1.807, 2.05) is 18.3 Å². The predicted octanol–water partition coefficient (Wildman–Crippen LogP) is 1.63. The Morgan fingerprint density at radius 1 is 1.35 bits per heavy atom. The second-order valence-electron chi connectivity index (χ2n) is 6.58. The van der Waals surface area contributed by atoms with E-state index in [1.54, 1.807) is 6.20 Å². The van der Waals surface area contributed by atoms with Crippen LogP contribution in [-0.2, 0) is 16.0 Å². The zero-order valence-corrected chi connectivity index (χ0v) is 13.7. The number of ether oxygens (including phenoxy) is 1. The number of nitrogens with zero attached hydrogens (tertiary/aromatic N) is 2. The molecule has 1 aromatic heterocycles. The largest absolute Gasteiger partial charge is 0.381 e. The fourth-order valence-corrected chi connectivity index (χ4v) is 3.62. The van der Waals surface area contributed by atoms with Crippen molar-refractivity contribution in [2.24, 2.45) is 5.92 Å². The molecule has 3 heterocycles. The quantitative estimate of drug-likeness (QED) is 0.897. The van der Waals surface area contributed by atoms with Gasteiger partial charge < -0.3 is 10.1 Å². The van der Waals surface area contributed by atoms with E-state index in [-0.39, 0.29) is 11.8 Å². The number of hydrogen-bond acceptors (Lipinski definition) is 4. The van der Waals surface area contributed by atoms with Gasteiger partial charge in [0.25, 0.3) is 0 Å². The van der Waals surface area contributed by atoms with E-state index in [2.05, 4.69) is 15.2 Å². The van der Waals surface area contributed by atoms with Crippen molar-refractivity contribution in [3.63, 3.8) is 0 Å². The zero-order valence-electron chi connectivity index (χ0n) is 13.7. The van der Waals surface area contributed by atoms with Crippen LogP contribution in [0.1, 0.15) is 31.2 Å². The van der Waals surface area contributed by atoms with Gasteiger partial charge in [-0.3, -0.25) is 14.7 Å². The average Bonchev–Trinajstić information content (AvgIpc) is 2.63. The normalized spacial score (nSPS) is 23.6. The Kier molecular flexibility index (Phi) is 6.00. The summed E-state index contributed by atoms with van der Waals surface area (Å²) in [6, 6.07) is 4.59. The fourth-order valence-electron chi connectivity index (χ4n) is 3.62. The van der Waals surface area contributed by atoms with Crippen LogP contribution >= 0.6 is 0 Å². The molecule has 0 radical (unpaired) electrons. The van der Waals surface area contributed by atoms with E-state index in [9.17, 15) is 4.79 Å². The standard InChI is InChI=1S/C18H27N3O2/c22-18(20-9-5-15-3-1-8-19-13-15)16-4-2-10-21(14-16)17-6-11-23-12-7-17/h1,3,8,13,16-17H,2,4-7,9-12,14H2,(H,20,22)/t16-/m1/s1. The number of pyridine rings is 1. The molecule has 1 atom stereocenters. The van der Waals surface area contributed by atoms with E-state index in [0.717, 1.165) is 58.4 Å². The van der Waals surface area contributed by atoms with Crippen LogP contribution in [0.25, 0.3) is 0 Å². The lowest BCUT2D eigenvalue weighted by molar-refractivity contribution is -0.127. The van der Waals surface area contributed by atoms with E-state index < -0.39 is 0 Å². The summed E-state index contributed by atoms with van der Waals surface area (Å²) < 4.78 is 5.45. The summed E-state index contributed by atoms with van der Waals surface area (Å²) in [6.45, 7) is 4.46. The van der Waals surface area contributed by atoms with Gasteiger partial charge in [0.15, 0.2) is 0 Å². The van der Waals surface area contributed by atoms with Crippen LogP contribution in [0.2, 0.25) is 0 Å². The van der Waals surface area contributed by atoms with Crippen LogP contribution in [0.4, 0.5) is 0 Å². The van der Waals surface area contributed by atoms with Crippen LogP contribution in [0.5, 0.6) is 0 Å². The number of hydrogen-bond donors (Lipinski definition) is 1. The molecule has 2 aliphatic rings. The highest BCUT2D eigenvalue weighted by molar-refractivity contribution is 5.78. The van der Waals surface area contributed by atoms with Crippen molar-refractivity contribution in [3.8, 4) is 0 Å². The minimum atomic E-state index is 0.139. The number of nitrogens with one attached hydrogen (secondary N) is 1. The Morgan fingerprint density at radius 2 is 2.22 bits per heavy atom. The van der Waals surface area contributed by atoms with Crippen molar-refractivity contribution in [2.75, 3.05) is 32.8 Å². The number of carbonyl (C=O) groups is 1. The molecule has 0 aliphatic carbocycles. The smallest absolute Gasteiger partial charge is 0.224 e. The third-order valence-electron chi connectivity index (χ3n) is 4.97. The molecule has 2 fully saturated rings. The SMILES string of the molecule is O=C(NCCc1cccnc1)[C@@H]1CCCN(C2CCOCC2)C1. The molecule has 2 saturated heterocycles. The van der Waals surface area contributed by atoms with Crippen molar-refractivity contribution in [2.45, 2.75) is 38.1 Å². The molecule has 5 heteroatoms. The number of carbonyl (C=O) groups excluding carboxylic acids is 1. The minimum absolute atomic E-state index is 0.139. The van der Waals surface area contributed by atoms with Gasteiger partial charge in [-0.25, -0.2) is 0 Å². The lowest BCUT2D eigenvalue weighted by atomic mass is 9.94. The summed E-state index contributed by atoms with van der Waals surface area (Å²) in [4.78, 5) is 19.1. The summed E-state index contributed by atoms with van der Waals surface area (Å²) in [5, 5.41) is 3.11. The molecular formula is C18H27N3O2. The summed E-state index contributed by atoms with van der Waals surface area (Å²) in [7, 11) is 0. The molecule has 0 bridgehead atoms. The van der Waals surface area contributed by atoms with Crippen LogP contribution in [0, 0.1) is 5.92 Å². The number of piperidine rings is 1. The van der Waals surface area contributed by atoms with Crippen molar-refractivity contribution in [3.05, 3.63) is 30.1 Å². The Hall–Kier alpha value is -1.46. The van der Waals surface area contributed by atoms with Gasteiger partial charge in [-0.2, -0.15) is 0 Å². The first-order valence-electron chi connectivity index (χ1n) is 8.81. The van der Waals surface area contributed by atoms with Crippen molar-refractivity contribution < 1.29 is 9.53 Å². The maximum Gasteiger partial charge on any atom is 0.224 e. The van der Waals surface area contributed by atoms with E-state index in [1.165, 1.54) is 5.56 Å². The summed E-state index contributed by atoms with van der Waals surface area (Å²) in [6.07, 6.45) is 8.83. The summed E-state index contributed by atoms with van der Waals surface area (Å²) in [5.41, 5.74) is 1.17. The monoisotopic (exact) mass is 317 g/mol. The van der Waals surface area contributed by atoms with Crippen molar-refractivity contribution >= 4 is 5.91 Å². The first kappa shape index (κ1) is 16.4. The van der Waals surface area contributed by atoms with Gasteiger partial charge in [-0.15, -0.1) is 0 Å². The molecule has 1 aromatic rings. The predicted molar refractivity (Wildman–Crippen MR) is 89.1 cm³/mol. The molecular weight excluding hydrogens is 290 g/mol. The van der Waals surface area contributed by atoms with Gasteiger partial charge >= 0.3 is 0 Å². The van der Waals surface area contributed by atoms with Gasteiger partial charge in [0, 0.05) is 44.7 Å². The summed E-state index contributed by atoms with van der Waals surface area (Å²) >= 11 is 0. The molecule has 0 aromatic carbocycles. The molecule has 1 amide bonds. The Labute approximate surface area is 138 Å². The maximum atomic E-state index is 12.4. The Balaban J connectivity index is 1.43. The summed E-state index contributed by atoms with van der Waals surface area (Å²) in [5.74, 6) is 0.353. The number of likely N-dealkylation sites (tertiary alicyclic amines) is 1. The highest BCUT2D eigenvalue weighted by Gasteiger charge is 2.30. The van der Waals surface area contributed by atoms with Gasteiger partial charge in [0.1, 0.15) is 0 Å². The van der Waals surface area contributed by atoms with Crippen LogP contribution in [0.15, 0.2) is 24.5 Å². The van der Waals surface area contributed by atoms with E-state index in [0.29, 0.717) is 12.6 Å². The van der Waals surface area contributed by atoms with Gasteiger partial charge in [-0.1, -0.05) is 6.07 Å². The van der Waals surface area contributed by atoms with Gasteiger partial charge in [-0.05, 0) is 50.3 Å². The van der Waals surface area contributed by atoms with Crippen LogP contribution < -0.4 is 5.32 Å². The van der Waals surface area contributed by atoms with Gasteiger partial charge in [0.05, 0.1) is 5.92 Å². The van der Waals surface area contributed by atoms with E-state index >= 15 is 0 Å². The number of rotatable bonds is 5. The Bertz CT molecular complexity index is 488. The lowest BCUT2D eigenvalue weighted by Crippen LogP contribution is -2.48. The molecule has 5 nitrogen and oxygen atoms in total. The molecule has 2 aliphatic heterocycles. The molecule has 0 unspecified atom stereocenters. The molecule has 0 spiro atoms. The Morgan fingerprint density at radius 3 is 3.00 bits per heavy atom. The molecule has 3 rings (SSSR count). The van der Waals surface area contributed by atoms with Gasteiger partial charge in [0.2, 0.25) is 5.91 Å². The second-order valence-corrected chi connectivity index (χ2v) is 6.58. The third kappa shape index (κ3) is 4.75. The molecule has 126 valence electrons. The molecule has 0 saturated carbocycles. The van der Waals surface area contributed by atoms with Crippen LogP contribution in [0.3, 0.4) is 0 Å². The molecule has 23 heavy (non-hydrogen) atoms. The minimum Gasteiger partial charge on any atom is -0.381 e. The number of aromatic nitrogens is 1. The van der Waals surface area contributed by atoms with Crippen molar-refractivity contribution in [1.29, 1.82) is 0 Å². The highest BCUT2D eigenvalue weighted by Crippen LogP contribution is 2.23. The van der Waals surface area contributed by atoms with Crippen molar-refractivity contribution in [1.82, 2.24) is 15.2 Å². The topological polar surface area (TPSA) is 54.5 Å². The third-order valence-corrected chi connectivity index (χ3v) is 4.97. The zero-order chi connectivity index (χ0) is 15.9. The first-order chi connectivity index (χ1) is 11.3. The average molecular weight is 317 g/mol. The highest BCUT2D eigenvalue weighted by atomic mass is 16.5. The number of amides is 1. The maximum absolute atomic E-state index is 12.4. The lowest BCUT2D eigenvalue weighted by Gasteiger charge is -2.39. The van der Waals surface area contributed by atoms with E-state index in [4.69, 9.17) is 4.74 Å². The molecule has 1 N–H and O–H groups in total. The second kappa shape index (κ2) is 8.41. The fraction of sp³-hybridized carbons (Fsp3) is 0.667. The first-order valence-corrected chi connectivity index (χ1v) is 8.81. The van der Waals surface area contributed by atoms with Crippen LogP contribution in [-0.4, -0.2) is 54.7 Å².